The molecule has 1 N–H and O–H groups in total. The van der Waals surface area contributed by atoms with Crippen molar-refractivity contribution >= 4 is 37.5 Å². The van der Waals surface area contributed by atoms with Gasteiger partial charge < -0.3 is 9.73 Å². The van der Waals surface area contributed by atoms with Gasteiger partial charge in [0, 0.05) is 10.5 Å². The van der Waals surface area contributed by atoms with E-state index in [1.54, 1.807) is 12.1 Å². The van der Waals surface area contributed by atoms with E-state index in [9.17, 15) is 8.78 Å². The lowest BCUT2D eigenvalue weighted by molar-refractivity contribution is 0.495. The van der Waals surface area contributed by atoms with Gasteiger partial charge in [-0.1, -0.05) is 0 Å². The average molecular weight is 367 g/mol. The normalized spacial score (nSPS) is 10.6. The second-order valence-electron chi connectivity index (χ2n) is 3.30. The van der Waals surface area contributed by atoms with Crippen molar-refractivity contribution in [1.82, 2.24) is 0 Å². The fourth-order valence-electron chi connectivity index (χ4n) is 1.33. The molecule has 0 unspecified atom stereocenters. The molecule has 0 saturated heterocycles. The van der Waals surface area contributed by atoms with Crippen LogP contribution in [0.5, 0.6) is 0 Å². The van der Waals surface area contributed by atoms with Gasteiger partial charge in [-0.2, -0.15) is 0 Å². The number of nitrogens with one attached hydrogen (secondary N) is 1. The van der Waals surface area contributed by atoms with E-state index in [0.717, 1.165) is 6.07 Å². The number of anilines is 1. The molecule has 0 fully saturated rings. The van der Waals surface area contributed by atoms with E-state index < -0.39 is 11.6 Å². The summed E-state index contributed by atoms with van der Waals surface area (Å²) in [5.74, 6) is -0.629. The first-order chi connectivity index (χ1) is 8.06. The van der Waals surface area contributed by atoms with Crippen molar-refractivity contribution < 1.29 is 13.2 Å². The van der Waals surface area contributed by atoms with Crippen molar-refractivity contribution in [1.29, 1.82) is 0 Å². The predicted molar refractivity (Wildman–Crippen MR) is 67.8 cm³/mol. The molecule has 2 nitrogen and oxygen atoms in total. The summed E-state index contributed by atoms with van der Waals surface area (Å²) >= 11 is 6.26. The average Bonchev–Trinajstić information content (AvgIpc) is 2.62. The molecule has 0 radical (unpaired) electrons. The van der Waals surface area contributed by atoms with Crippen molar-refractivity contribution in [3.63, 3.8) is 0 Å². The molecule has 0 aliphatic rings. The monoisotopic (exact) mass is 365 g/mol. The number of rotatable bonds is 3. The molecule has 1 heterocycles. The summed E-state index contributed by atoms with van der Waals surface area (Å²) in [5.41, 5.74) is 0.207. The van der Waals surface area contributed by atoms with Crippen LogP contribution in [0.1, 0.15) is 5.76 Å². The number of hydrogen-bond donors (Lipinski definition) is 1. The van der Waals surface area contributed by atoms with Gasteiger partial charge in [0.15, 0.2) is 4.67 Å². The summed E-state index contributed by atoms with van der Waals surface area (Å²) < 4.78 is 32.5. The van der Waals surface area contributed by atoms with Gasteiger partial charge in [-0.25, -0.2) is 8.78 Å². The Morgan fingerprint density at radius 3 is 2.53 bits per heavy atom. The van der Waals surface area contributed by atoms with Crippen LogP contribution < -0.4 is 5.32 Å². The quantitative estimate of drug-likeness (QED) is 0.852. The fourth-order valence-corrected chi connectivity index (χ4v) is 2.22. The van der Waals surface area contributed by atoms with E-state index in [-0.39, 0.29) is 5.69 Å². The highest BCUT2D eigenvalue weighted by Crippen LogP contribution is 2.27. The maximum atomic E-state index is 13.4. The standard InChI is InChI=1S/C11H7Br2F2NO/c12-8-3-6(14)4-9(15)11(8)16-5-7-1-2-10(13)17-7/h1-4,16H,5H2. The van der Waals surface area contributed by atoms with Gasteiger partial charge in [0.2, 0.25) is 0 Å². The van der Waals surface area contributed by atoms with Gasteiger partial charge in [0.25, 0.3) is 0 Å². The Balaban J connectivity index is 2.14. The molecule has 90 valence electrons. The first kappa shape index (κ1) is 12.6. The molecule has 2 rings (SSSR count). The Hall–Kier alpha value is -0.880. The third-order valence-electron chi connectivity index (χ3n) is 2.08. The van der Waals surface area contributed by atoms with Crippen LogP contribution in [0.15, 0.2) is 37.8 Å². The highest BCUT2D eigenvalue weighted by Gasteiger charge is 2.10. The molecular weight excluding hydrogens is 360 g/mol. The van der Waals surface area contributed by atoms with Crippen molar-refractivity contribution in [3.05, 3.63) is 50.8 Å². The van der Waals surface area contributed by atoms with E-state index >= 15 is 0 Å². The molecule has 0 spiro atoms. The van der Waals surface area contributed by atoms with E-state index in [0.29, 0.717) is 21.4 Å². The molecule has 1 aromatic heterocycles. The number of benzene rings is 1. The minimum atomic E-state index is -0.650. The predicted octanol–water partition coefficient (Wildman–Crippen LogP) is 4.69. The Morgan fingerprint density at radius 1 is 1.18 bits per heavy atom. The van der Waals surface area contributed by atoms with Gasteiger partial charge in [0.1, 0.15) is 17.4 Å². The zero-order valence-corrected chi connectivity index (χ0v) is 11.6. The Kier molecular flexibility index (Phi) is 3.83. The van der Waals surface area contributed by atoms with Crippen LogP contribution >= 0.6 is 31.9 Å². The maximum absolute atomic E-state index is 13.4. The molecule has 0 amide bonds. The van der Waals surface area contributed by atoms with Gasteiger partial charge in [-0.15, -0.1) is 0 Å². The molecule has 0 saturated carbocycles. The van der Waals surface area contributed by atoms with Gasteiger partial charge in [-0.05, 0) is 50.1 Å². The van der Waals surface area contributed by atoms with Crippen LogP contribution in [-0.2, 0) is 6.54 Å². The minimum Gasteiger partial charge on any atom is -0.452 e. The van der Waals surface area contributed by atoms with Crippen LogP contribution in [0.25, 0.3) is 0 Å². The summed E-state index contributed by atoms with van der Waals surface area (Å²) in [7, 11) is 0. The molecule has 0 atom stereocenters. The zero-order valence-electron chi connectivity index (χ0n) is 8.44. The summed E-state index contributed by atoms with van der Waals surface area (Å²) in [6.45, 7) is 0.312. The number of furan rings is 1. The zero-order chi connectivity index (χ0) is 12.4. The Morgan fingerprint density at radius 2 is 1.94 bits per heavy atom. The largest absolute Gasteiger partial charge is 0.452 e. The molecule has 0 aliphatic carbocycles. The molecule has 0 bridgehead atoms. The molecule has 2 aromatic rings. The van der Waals surface area contributed by atoms with Crippen molar-refractivity contribution in [2.45, 2.75) is 6.54 Å². The van der Waals surface area contributed by atoms with Crippen molar-refractivity contribution in [2.75, 3.05) is 5.32 Å². The van der Waals surface area contributed by atoms with E-state index in [2.05, 4.69) is 37.2 Å². The smallest absolute Gasteiger partial charge is 0.169 e. The fraction of sp³-hybridized carbons (Fsp3) is 0.0909. The summed E-state index contributed by atoms with van der Waals surface area (Å²) in [6, 6.07) is 5.52. The van der Waals surface area contributed by atoms with Crippen LogP contribution in [-0.4, -0.2) is 0 Å². The van der Waals surface area contributed by atoms with Crippen LogP contribution in [0.2, 0.25) is 0 Å². The maximum Gasteiger partial charge on any atom is 0.169 e. The van der Waals surface area contributed by atoms with E-state index in [1.807, 2.05) is 0 Å². The summed E-state index contributed by atoms with van der Waals surface area (Å²) in [6.07, 6.45) is 0. The number of halogens is 4. The highest BCUT2D eigenvalue weighted by molar-refractivity contribution is 9.10. The van der Waals surface area contributed by atoms with E-state index in [4.69, 9.17) is 4.42 Å². The van der Waals surface area contributed by atoms with Crippen molar-refractivity contribution in [2.24, 2.45) is 0 Å². The Bertz CT molecular complexity index is 519. The lowest BCUT2D eigenvalue weighted by Crippen LogP contribution is -2.02. The van der Waals surface area contributed by atoms with E-state index in [1.165, 1.54) is 6.07 Å². The lowest BCUT2D eigenvalue weighted by Gasteiger charge is -2.08. The lowest BCUT2D eigenvalue weighted by atomic mass is 10.3. The first-order valence-corrected chi connectivity index (χ1v) is 6.27. The second kappa shape index (κ2) is 5.18. The summed E-state index contributed by atoms with van der Waals surface area (Å²) in [4.78, 5) is 0. The third-order valence-corrected chi connectivity index (χ3v) is 3.13. The molecular formula is C11H7Br2F2NO. The van der Waals surface area contributed by atoms with Crippen LogP contribution in [0.4, 0.5) is 14.5 Å². The van der Waals surface area contributed by atoms with Crippen LogP contribution in [0, 0.1) is 11.6 Å². The molecule has 1 aromatic carbocycles. The number of hydrogen-bond acceptors (Lipinski definition) is 2. The van der Waals surface area contributed by atoms with Gasteiger partial charge in [-0.3, -0.25) is 0 Å². The topological polar surface area (TPSA) is 25.2 Å². The highest BCUT2D eigenvalue weighted by atomic mass is 79.9. The van der Waals surface area contributed by atoms with Gasteiger partial charge >= 0.3 is 0 Å². The van der Waals surface area contributed by atoms with Crippen LogP contribution in [0.3, 0.4) is 0 Å². The minimum absolute atomic E-state index is 0.207. The molecule has 0 aliphatic heterocycles. The molecule has 6 heteroatoms. The Labute approximate surface area is 113 Å². The molecule has 17 heavy (non-hydrogen) atoms. The van der Waals surface area contributed by atoms with Crippen molar-refractivity contribution in [3.8, 4) is 0 Å². The SMILES string of the molecule is Fc1cc(F)c(NCc2ccc(Br)o2)c(Br)c1. The third kappa shape index (κ3) is 3.07. The first-order valence-electron chi connectivity index (χ1n) is 4.69. The summed E-state index contributed by atoms with van der Waals surface area (Å²) in [5, 5.41) is 2.83. The van der Waals surface area contributed by atoms with Gasteiger partial charge in [0.05, 0.1) is 12.2 Å². The second-order valence-corrected chi connectivity index (χ2v) is 4.94.